The number of aliphatic hydroxyl groups excluding tert-OH is 1. The molecule has 0 aromatic heterocycles. The molecule has 0 amide bonds. The number of carbonyl (C=O) groups is 1. The molecule has 6 heteroatoms. The number of thioether (sulfide) groups is 1. The average molecular weight is 299 g/mol. The number of carboxylic acid groups (broad SMARTS) is 1. The minimum atomic E-state index is -0.818. The van der Waals surface area contributed by atoms with E-state index in [-0.39, 0.29) is 13.2 Å². The molecule has 0 saturated heterocycles. The smallest absolute Gasteiger partial charge is 0.320 e. The molecule has 1 aromatic carbocycles. The van der Waals surface area contributed by atoms with Crippen LogP contribution in [0, 0.1) is 0 Å². The summed E-state index contributed by atoms with van der Waals surface area (Å²) < 4.78 is 5.26. The van der Waals surface area contributed by atoms with Crippen LogP contribution in [0.1, 0.15) is 12.0 Å². The van der Waals surface area contributed by atoms with Crippen LogP contribution in [-0.2, 0) is 11.3 Å². The van der Waals surface area contributed by atoms with E-state index >= 15 is 0 Å². The van der Waals surface area contributed by atoms with E-state index in [1.807, 2.05) is 30.5 Å². The van der Waals surface area contributed by atoms with Gasteiger partial charge >= 0.3 is 5.97 Å². The second kappa shape index (κ2) is 9.63. The minimum absolute atomic E-state index is 0.0148. The molecule has 112 valence electrons. The number of aliphatic carboxylic acids is 1. The normalized spacial score (nSPS) is 12.1. The Bertz CT molecular complexity index is 397. The quantitative estimate of drug-likeness (QED) is 0.605. The summed E-state index contributed by atoms with van der Waals surface area (Å²) in [7, 11) is 0. The lowest BCUT2D eigenvalue weighted by Gasteiger charge is -2.14. The third-order valence-corrected chi connectivity index (χ3v) is 3.39. The molecule has 5 nitrogen and oxygen atoms in total. The van der Waals surface area contributed by atoms with Crippen molar-refractivity contribution in [2.45, 2.75) is 19.0 Å². The van der Waals surface area contributed by atoms with E-state index < -0.39 is 12.0 Å². The molecule has 0 fully saturated rings. The largest absolute Gasteiger partial charge is 0.491 e. The fourth-order valence-electron chi connectivity index (χ4n) is 1.66. The van der Waals surface area contributed by atoms with E-state index in [0.717, 1.165) is 11.3 Å². The van der Waals surface area contributed by atoms with E-state index in [1.165, 1.54) is 0 Å². The Morgan fingerprint density at radius 1 is 1.40 bits per heavy atom. The number of hydrogen-bond acceptors (Lipinski definition) is 5. The van der Waals surface area contributed by atoms with Crippen LogP contribution in [0.15, 0.2) is 24.3 Å². The number of hydrogen-bond donors (Lipinski definition) is 3. The lowest BCUT2D eigenvalue weighted by molar-refractivity contribution is -0.139. The van der Waals surface area contributed by atoms with Crippen LogP contribution in [0.3, 0.4) is 0 Å². The monoisotopic (exact) mass is 299 g/mol. The highest BCUT2D eigenvalue weighted by Gasteiger charge is 2.15. The summed E-state index contributed by atoms with van der Waals surface area (Å²) >= 11 is 1.64. The SMILES string of the molecule is CSCC[C@H](NCc1ccc(OCCO)cc1)C(=O)O. The molecule has 1 atom stereocenters. The average Bonchev–Trinajstić information content (AvgIpc) is 2.46. The van der Waals surface area contributed by atoms with E-state index in [1.54, 1.807) is 11.8 Å². The fraction of sp³-hybridized carbons (Fsp3) is 0.500. The van der Waals surface area contributed by atoms with Crippen molar-refractivity contribution in [2.24, 2.45) is 0 Å². The van der Waals surface area contributed by atoms with E-state index in [9.17, 15) is 4.79 Å². The number of nitrogens with one attached hydrogen (secondary N) is 1. The van der Waals surface area contributed by atoms with E-state index in [0.29, 0.717) is 18.7 Å². The third kappa shape index (κ3) is 6.27. The number of rotatable bonds is 10. The van der Waals surface area contributed by atoms with Crippen molar-refractivity contribution >= 4 is 17.7 Å². The minimum Gasteiger partial charge on any atom is -0.491 e. The van der Waals surface area contributed by atoms with Gasteiger partial charge < -0.3 is 20.3 Å². The highest BCUT2D eigenvalue weighted by atomic mass is 32.2. The molecule has 0 unspecified atom stereocenters. The predicted octanol–water partition coefficient (Wildman–Crippen LogP) is 1.35. The molecule has 1 rings (SSSR count). The second-order valence-electron chi connectivity index (χ2n) is 4.27. The molecule has 20 heavy (non-hydrogen) atoms. The zero-order chi connectivity index (χ0) is 14.8. The van der Waals surface area contributed by atoms with Crippen LogP contribution in [0.25, 0.3) is 0 Å². The van der Waals surface area contributed by atoms with Gasteiger partial charge in [0.15, 0.2) is 0 Å². The van der Waals surface area contributed by atoms with Gasteiger partial charge in [0.05, 0.1) is 6.61 Å². The standard InChI is InChI=1S/C14H21NO4S/c1-20-9-6-13(14(17)18)15-10-11-2-4-12(5-3-11)19-8-7-16/h2-5,13,15-16H,6-10H2,1H3,(H,17,18)/t13-/m0/s1. The summed E-state index contributed by atoms with van der Waals surface area (Å²) in [5, 5.41) is 20.8. The van der Waals surface area contributed by atoms with Crippen LogP contribution < -0.4 is 10.1 Å². The van der Waals surface area contributed by atoms with Crippen LogP contribution in [-0.4, -0.2) is 47.4 Å². The third-order valence-electron chi connectivity index (χ3n) is 2.74. The van der Waals surface area contributed by atoms with Crippen molar-refractivity contribution in [1.29, 1.82) is 0 Å². The summed E-state index contributed by atoms with van der Waals surface area (Å²) in [4.78, 5) is 11.1. The maximum Gasteiger partial charge on any atom is 0.320 e. The van der Waals surface area contributed by atoms with Gasteiger partial charge in [-0.3, -0.25) is 4.79 Å². The van der Waals surface area contributed by atoms with E-state index in [2.05, 4.69) is 5.32 Å². The Morgan fingerprint density at radius 3 is 2.65 bits per heavy atom. The Morgan fingerprint density at radius 2 is 2.10 bits per heavy atom. The molecule has 0 radical (unpaired) electrons. The molecular formula is C14H21NO4S. The van der Waals surface area contributed by atoms with Gasteiger partial charge in [-0.15, -0.1) is 0 Å². The van der Waals surface area contributed by atoms with Gasteiger partial charge in [0, 0.05) is 6.54 Å². The molecule has 0 heterocycles. The zero-order valence-electron chi connectivity index (χ0n) is 11.5. The first kappa shape index (κ1) is 16.8. The lowest BCUT2D eigenvalue weighted by Crippen LogP contribution is -2.36. The van der Waals surface area contributed by atoms with Crippen molar-refractivity contribution in [3.63, 3.8) is 0 Å². The van der Waals surface area contributed by atoms with Gasteiger partial charge in [-0.25, -0.2) is 0 Å². The first-order valence-electron chi connectivity index (χ1n) is 6.45. The lowest BCUT2D eigenvalue weighted by atomic mass is 10.2. The van der Waals surface area contributed by atoms with Crippen molar-refractivity contribution in [1.82, 2.24) is 5.32 Å². The van der Waals surface area contributed by atoms with Gasteiger partial charge in [0.2, 0.25) is 0 Å². The Kier molecular flexibility index (Phi) is 8.10. The zero-order valence-corrected chi connectivity index (χ0v) is 12.4. The first-order chi connectivity index (χ1) is 9.67. The Labute approximate surface area is 123 Å². The van der Waals surface area contributed by atoms with Crippen molar-refractivity contribution < 1.29 is 19.7 Å². The van der Waals surface area contributed by atoms with Crippen LogP contribution in [0.5, 0.6) is 5.75 Å². The van der Waals surface area contributed by atoms with Crippen LogP contribution in [0.4, 0.5) is 0 Å². The molecular weight excluding hydrogens is 278 g/mol. The highest BCUT2D eigenvalue weighted by molar-refractivity contribution is 7.98. The molecule has 0 bridgehead atoms. The number of aliphatic hydroxyl groups is 1. The summed E-state index contributed by atoms with van der Waals surface area (Å²) in [6.07, 6.45) is 2.57. The van der Waals surface area contributed by atoms with Gasteiger partial charge in [-0.2, -0.15) is 11.8 Å². The molecule has 0 aliphatic carbocycles. The predicted molar refractivity (Wildman–Crippen MR) is 80.3 cm³/mol. The van der Waals surface area contributed by atoms with Gasteiger partial charge in [-0.1, -0.05) is 12.1 Å². The van der Waals surface area contributed by atoms with Crippen molar-refractivity contribution in [3.05, 3.63) is 29.8 Å². The maximum absolute atomic E-state index is 11.1. The topological polar surface area (TPSA) is 78.8 Å². The second-order valence-corrected chi connectivity index (χ2v) is 5.25. The summed E-state index contributed by atoms with van der Waals surface area (Å²) in [6, 6.07) is 6.86. The summed E-state index contributed by atoms with van der Waals surface area (Å²) in [6.45, 7) is 0.762. The van der Waals surface area contributed by atoms with Crippen molar-refractivity contribution in [3.8, 4) is 5.75 Å². The molecule has 0 saturated carbocycles. The van der Waals surface area contributed by atoms with Gasteiger partial charge in [0.25, 0.3) is 0 Å². The van der Waals surface area contributed by atoms with E-state index in [4.69, 9.17) is 14.9 Å². The van der Waals surface area contributed by atoms with Gasteiger partial charge in [0.1, 0.15) is 18.4 Å². The number of benzene rings is 1. The molecule has 0 aliphatic rings. The molecule has 0 spiro atoms. The first-order valence-corrected chi connectivity index (χ1v) is 7.84. The summed E-state index contributed by atoms with van der Waals surface area (Å²) in [5.41, 5.74) is 0.997. The Balaban J connectivity index is 2.44. The van der Waals surface area contributed by atoms with Crippen LogP contribution >= 0.6 is 11.8 Å². The Hall–Kier alpha value is -1.24. The van der Waals surface area contributed by atoms with Gasteiger partial charge in [-0.05, 0) is 36.1 Å². The number of carboxylic acids is 1. The molecule has 0 aliphatic heterocycles. The highest BCUT2D eigenvalue weighted by Crippen LogP contribution is 2.12. The van der Waals surface area contributed by atoms with Crippen LogP contribution in [0.2, 0.25) is 0 Å². The molecule has 1 aromatic rings. The molecule has 3 N–H and O–H groups in total. The number of ether oxygens (including phenoxy) is 1. The maximum atomic E-state index is 11.1. The van der Waals surface area contributed by atoms with Crippen molar-refractivity contribution in [2.75, 3.05) is 25.2 Å². The fourth-order valence-corrected chi connectivity index (χ4v) is 2.13. The summed E-state index contributed by atoms with van der Waals surface area (Å²) in [5.74, 6) is 0.694.